The molecule has 0 saturated heterocycles. The summed E-state index contributed by atoms with van der Waals surface area (Å²) < 4.78 is 11.5. The molecule has 0 unspecified atom stereocenters. The van der Waals surface area contributed by atoms with Crippen LogP contribution in [0.5, 0.6) is 11.5 Å². The van der Waals surface area contributed by atoms with Gasteiger partial charge in [-0.05, 0) is 0 Å². The van der Waals surface area contributed by atoms with E-state index in [0.29, 0.717) is 0 Å². The number of hydrogen-bond acceptors (Lipinski definition) is 2. The van der Waals surface area contributed by atoms with Gasteiger partial charge in [-0.1, -0.05) is 0 Å². The van der Waals surface area contributed by atoms with E-state index in [1.165, 1.54) is 3.58 Å². The Hall–Kier alpha value is -0.381. The van der Waals surface area contributed by atoms with Crippen molar-refractivity contribution >= 4 is 26.1 Å². The Morgan fingerprint density at radius 3 is 2.36 bits per heavy atom. The minimum atomic E-state index is 0.817. The molecule has 0 bridgehead atoms. The van der Waals surface area contributed by atoms with Crippen molar-refractivity contribution < 1.29 is 9.47 Å². The first-order valence-corrected chi connectivity index (χ1v) is 4.91. The van der Waals surface area contributed by atoms with Crippen molar-refractivity contribution in [2.24, 2.45) is 0 Å². The van der Waals surface area contributed by atoms with Crippen LogP contribution in [0.1, 0.15) is 0 Å². The van der Waals surface area contributed by atoms with Gasteiger partial charge in [0, 0.05) is 0 Å². The first kappa shape index (κ1) is 8.71. The van der Waals surface area contributed by atoms with Crippen molar-refractivity contribution in [3.63, 3.8) is 0 Å². The molecule has 3 heteroatoms. The Kier molecular flexibility index (Phi) is 3.05. The second-order valence-electron chi connectivity index (χ2n) is 2.08. The van der Waals surface area contributed by atoms with Crippen LogP contribution < -0.4 is 13.1 Å². The molecule has 58 valence electrons. The fourth-order valence-electron chi connectivity index (χ4n) is 0.912. The molecule has 0 aliphatic rings. The molecule has 0 N–H and O–H groups in total. The average Bonchev–Trinajstić information content (AvgIpc) is 2.04. The summed E-state index contributed by atoms with van der Waals surface area (Å²) in [6, 6.07) is 5.92. The van der Waals surface area contributed by atoms with Gasteiger partial charge < -0.3 is 0 Å². The minimum absolute atomic E-state index is 0.817. The zero-order valence-corrected chi connectivity index (χ0v) is 9.92. The standard InChI is InChI=1S/C8H9O2.Sn.H/c1-9-7-5-3-4-6-8(7)10-2;;/h3-5H,1-2H3;;. The Morgan fingerprint density at radius 1 is 1.18 bits per heavy atom. The number of methoxy groups -OCH3 is 2. The van der Waals surface area contributed by atoms with E-state index < -0.39 is 0 Å². The van der Waals surface area contributed by atoms with Crippen molar-refractivity contribution in [2.75, 3.05) is 14.2 Å². The molecule has 0 aromatic heterocycles. The zero-order chi connectivity index (χ0) is 8.27. The SMILES string of the molecule is COc1ccc[c]([SnH])c1OC. The van der Waals surface area contributed by atoms with Crippen molar-refractivity contribution in [1.29, 1.82) is 0 Å². The normalized spacial score (nSPS) is 9.36. The molecule has 0 fully saturated rings. The summed E-state index contributed by atoms with van der Waals surface area (Å²) in [6.07, 6.45) is 0. The third-order valence-corrected chi connectivity index (χ3v) is 2.73. The molecular formula is C8H10O2Sn. The molecule has 0 aliphatic heterocycles. The molecule has 2 nitrogen and oxygen atoms in total. The molecule has 1 aromatic rings. The topological polar surface area (TPSA) is 18.5 Å². The maximum absolute atomic E-state index is 5.17. The molecule has 11 heavy (non-hydrogen) atoms. The van der Waals surface area contributed by atoms with E-state index in [4.69, 9.17) is 9.47 Å². The maximum atomic E-state index is 5.17. The van der Waals surface area contributed by atoms with E-state index in [0.717, 1.165) is 34.0 Å². The van der Waals surface area contributed by atoms with Gasteiger partial charge in [0.2, 0.25) is 0 Å². The molecule has 2 radical (unpaired) electrons. The summed E-state index contributed by atoms with van der Waals surface area (Å²) in [4.78, 5) is 0. The zero-order valence-electron chi connectivity index (χ0n) is 6.63. The van der Waals surface area contributed by atoms with Gasteiger partial charge in [0.1, 0.15) is 0 Å². The van der Waals surface area contributed by atoms with Crippen LogP contribution in [0.15, 0.2) is 18.2 Å². The van der Waals surface area contributed by atoms with E-state index in [1.54, 1.807) is 14.2 Å². The van der Waals surface area contributed by atoms with Crippen LogP contribution in [0.2, 0.25) is 0 Å². The number of benzene rings is 1. The number of para-hydroxylation sites is 1. The van der Waals surface area contributed by atoms with E-state index in [1.807, 2.05) is 18.2 Å². The third-order valence-electron chi connectivity index (χ3n) is 1.43. The first-order valence-electron chi connectivity index (χ1n) is 3.26. The van der Waals surface area contributed by atoms with Crippen LogP contribution in [0, 0.1) is 0 Å². The van der Waals surface area contributed by atoms with Crippen molar-refractivity contribution in [1.82, 2.24) is 0 Å². The first-order chi connectivity index (χ1) is 5.29. The van der Waals surface area contributed by atoms with Gasteiger partial charge >= 0.3 is 79.5 Å². The second-order valence-corrected chi connectivity index (χ2v) is 3.86. The van der Waals surface area contributed by atoms with E-state index >= 15 is 0 Å². The summed E-state index contributed by atoms with van der Waals surface area (Å²) in [5.74, 6) is 1.69. The van der Waals surface area contributed by atoms with Gasteiger partial charge in [0.25, 0.3) is 0 Å². The van der Waals surface area contributed by atoms with Crippen LogP contribution in [0.4, 0.5) is 0 Å². The third kappa shape index (κ3) is 1.80. The predicted octanol–water partition coefficient (Wildman–Crippen LogP) is 0.230. The van der Waals surface area contributed by atoms with Gasteiger partial charge in [-0.25, -0.2) is 0 Å². The Morgan fingerprint density at radius 2 is 1.91 bits per heavy atom. The average molecular weight is 257 g/mol. The van der Waals surface area contributed by atoms with Crippen LogP contribution in [0.3, 0.4) is 0 Å². The monoisotopic (exact) mass is 258 g/mol. The van der Waals surface area contributed by atoms with Gasteiger partial charge in [-0.15, -0.1) is 0 Å². The van der Waals surface area contributed by atoms with Gasteiger partial charge in [-0.3, -0.25) is 0 Å². The summed E-state index contributed by atoms with van der Waals surface area (Å²) in [6.45, 7) is 0. The molecule has 0 atom stereocenters. The molecule has 0 saturated carbocycles. The van der Waals surface area contributed by atoms with E-state index in [-0.39, 0.29) is 0 Å². The molecule has 0 spiro atoms. The number of hydrogen-bond donors (Lipinski definition) is 0. The Bertz CT molecular complexity index is 248. The fraction of sp³-hybridized carbons (Fsp3) is 0.250. The van der Waals surface area contributed by atoms with Crippen LogP contribution >= 0.6 is 0 Å². The van der Waals surface area contributed by atoms with E-state index in [9.17, 15) is 0 Å². The molecule has 1 aromatic carbocycles. The van der Waals surface area contributed by atoms with Crippen LogP contribution in [0.25, 0.3) is 0 Å². The summed E-state index contributed by atoms with van der Waals surface area (Å²) >= 11 is 1.05. The molecule has 0 heterocycles. The molecule has 0 amide bonds. The summed E-state index contributed by atoms with van der Waals surface area (Å²) in [5.41, 5.74) is 0. The molecular weight excluding hydrogens is 247 g/mol. The van der Waals surface area contributed by atoms with Crippen LogP contribution in [-0.4, -0.2) is 36.7 Å². The van der Waals surface area contributed by atoms with Gasteiger partial charge in [-0.2, -0.15) is 0 Å². The van der Waals surface area contributed by atoms with Crippen molar-refractivity contribution in [2.45, 2.75) is 0 Å². The summed E-state index contributed by atoms with van der Waals surface area (Å²) in [5, 5.41) is 0. The van der Waals surface area contributed by atoms with Crippen molar-refractivity contribution in [3.05, 3.63) is 18.2 Å². The number of rotatable bonds is 2. The Balaban J connectivity index is 3.13. The van der Waals surface area contributed by atoms with Gasteiger partial charge in [0.05, 0.1) is 0 Å². The van der Waals surface area contributed by atoms with Gasteiger partial charge in [0.15, 0.2) is 0 Å². The van der Waals surface area contributed by atoms with Crippen molar-refractivity contribution in [3.8, 4) is 11.5 Å². The van der Waals surface area contributed by atoms with E-state index in [2.05, 4.69) is 0 Å². The molecule has 1 rings (SSSR count). The fourth-order valence-corrected chi connectivity index (χ4v) is 1.97. The Labute approximate surface area is 79.6 Å². The number of ether oxygens (including phenoxy) is 2. The van der Waals surface area contributed by atoms with Crippen LogP contribution in [-0.2, 0) is 0 Å². The second kappa shape index (κ2) is 3.85. The predicted molar refractivity (Wildman–Crippen MR) is 46.3 cm³/mol. The summed E-state index contributed by atoms with van der Waals surface area (Å²) in [7, 11) is 3.32. The quantitative estimate of drug-likeness (QED) is 0.706. The molecule has 0 aliphatic carbocycles.